The molecule has 1 aromatic rings. The summed E-state index contributed by atoms with van der Waals surface area (Å²) in [5, 5.41) is 23.8. The zero-order chi connectivity index (χ0) is 12.0. The summed E-state index contributed by atoms with van der Waals surface area (Å²) in [6.45, 7) is 1.98. The van der Waals surface area contributed by atoms with E-state index in [1.54, 1.807) is 6.92 Å². The summed E-state index contributed by atoms with van der Waals surface area (Å²) in [4.78, 5) is 11.2. The topological polar surface area (TPSA) is 100 Å². The van der Waals surface area contributed by atoms with Gasteiger partial charge >= 0.3 is 6.09 Å². The molecular formula is C9H12N4O3. The Morgan fingerprint density at radius 1 is 1.81 bits per heavy atom. The Labute approximate surface area is 92.2 Å². The molecule has 0 radical (unpaired) electrons. The second-order valence-electron chi connectivity index (χ2n) is 2.81. The molecule has 0 aliphatic carbocycles. The highest BCUT2D eigenvalue weighted by Gasteiger charge is 2.13. The summed E-state index contributed by atoms with van der Waals surface area (Å²) in [6, 6.07) is 1.89. The van der Waals surface area contributed by atoms with Crippen molar-refractivity contribution in [1.29, 1.82) is 5.26 Å². The van der Waals surface area contributed by atoms with Crippen LogP contribution in [0.3, 0.4) is 0 Å². The van der Waals surface area contributed by atoms with Crippen LogP contribution in [-0.4, -0.2) is 34.2 Å². The second kappa shape index (κ2) is 5.72. The molecule has 2 N–H and O–H groups in total. The van der Waals surface area contributed by atoms with Crippen molar-refractivity contribution in [2.75, 3.05) is 18.5 Å². The maximum Gasteiger partial charge on any atom is 0.412 e. The lowest BCUT2D eigenvalue weighted by atomic mass is 10.3. The highest BCUT2D eigenvalue weighted by Crippen LogP contribution is 2.14. The van der Waals surface area contributed by atoms with Gasteiger partial charge in [-0.2, -0.15) is 10.4 Å². The van der Waals surface area contributed by atoms with E-state index < -0.39 is 6.09 Å². The fourth-order valence-electron chi connectivity index (χ4n) is 1.13. The van der Waals surface area contributed by atoms with Crippen LogP contribution >= 0.6 is 0 Å². The van der Waals surface area contributed by atoms with Crippen molar-refractivity contribution in [2.45, 2.75) is 13.5 Å². The number of nitriles is 1. The van der Waals surface area contributed by atoms with Gasteiger partial charge in [0.05, 0.1) is 26.0 Å². The first kappa shape index (κ1) is 12.0. The van der Waals surface area contributed by atoms with Gasteiger partial charge < -0.3 is 9.84 Å². The number of aliphatic hydroxyl groups excluding tert-OH is 1. The first-order chi connectivity index (χ1) is 7.72. The van der Waals surface area contributed by atoms with Crippen molar-refractivity contribution in [3.05, 3.63) is 11.8 Å². The number of aromatic nitrogens is 2. The molecule has 0 spiro atoms. The first-order valence-corrected chi connectivity index (χ1v) is 4.73. The van der Waals surface area contributed by atoms with Gasteiger partial charge in [-0.25, -0.2) is 9.48 Å². The number of carbonyl (C=O) groups excluding carboxylic acids is 1. The van der Waals surface area contributed by atoms with E-state index in [-0.39, 0.29) is 31.1 Å². The molecular weight excluding hydrogens is 212 g/mol. The largest absolute Gasteiger partial charge is 0.450 e. The average Bonchev–Trinajstić information content (AvgIpc) is 2.62. The van der Waals surface area contributed by atoms with Crippen LogP contribution < -0.4 is 5.32 Å². The zero-order valence-electron chi connectivity index (χ0n) is 8.80. The van der Waals surface area contributed by atoms with Crippen LogP contribution in [-0.2, 0) is 11.3 Å². The van der Waals surface area contributed by atoms with Crippen LogP contribution in [0.5, 0.6) is 0 Å². The SMILES string of the molecule is CCOC(=O)Nc1c(C#N)cnn1CCO. The number of ether oxygens (including phenoxy) is 1. The Hall–Kier alpha value is -2.07. The highest BCUT2D eigenvalue weighted by molar-refractivity contribution is 5.85. The molecule has 1 amide bonds. The van der Waals surface area contributed by atoms with Gasteiger partial charge in [-0.15, -0.1) is 0 Å². The van der Waals surface area contributed by atoms with Crippen molar-refractivity contribution >= 4 is 11.9 Å². The number of carbonyl (C=O) groups is 1. The lowest BCUT2D eigenvalue weighted by molar-refractivity contribution is 0.167. The molecule has 0 aliphatic rings. The third-order valence-electron chi connectivity index (χ3n) is 1.77. The zero-order valence-corrected chi connectivity index (χ0v) is 8.80. The van der Waals surface area contributed by atoms with Gasteiger partial charge in [0.25, 0.3) is 0 Å². The summed E-state index contributed by atoms with van der Waals surface area (Å²) >= 11 is 0. The summed E-state index contributed by atoms with van der Waals surface area (Å²) < 4.78 is 6.01. The molecule has 0 aliphatic heterocycles. The van der Waals surface area contributed by atoms with E-state index in [0.29, 0.717) is 0 Å². The van der Waals surface area contributed by atoms with E-state index in [1.807, 2.05) is 6.07 Å². The summed E-state index contributed by atoms with van der Waals surface area (Å²) in [7, 11) is 0. The Balaban J connectivity index is 2.87. The van der Waals surface area contributed by atoms with Crippen molar-refractivity contribution < 1.29 is 14.6 Å². The van der Waals surface area contributed by atoms with Crippen molar-refractivity contribution in [2.24, 2.45) is 0 Å². The third kappa shape index (κ3) is 2.71. The molecule has 0 atom stereocenters. The lowest BCUT2D eigenvalue weighted by Crippen LogP contribution is -2.18. The summed E-state index contributed by atoms with van der Waals surface area (Å²) in [5.74, 6) is 0.231. The number of nitrogens with zero attached hydrogens (tertiary/aromatic N) is 3. The monoisotopic (exact) mass is 224 g/mol. The minimum Gasteiger partial charge on any atom is -0.450 e. The number of rotatable bonds is 4. The summed E-state index contributed by atoms with van der Waals surface area (Å²) in [6.07, 6.45) is 0.663. The fourth-order valence-corrected chi connectivity index (χ4v) is 1.13. The van der Waals surface area contributed by atoms with Gasteiger partial charge in [-0.1, -0.05) is 0 Å². The van der Waals surface area contributed by atoms with Gasteiger partial charge in [0, 0.05) is 0 Å². The molecule has 1 rings (SSSR count). The van der Waals surface area contributed by atoms with Crippen LogP contribution in [0.15, 0.2) is 6.20 Å². The quantitative estimate of drug-likeness (QED) is 0.766. The minimum atomic E-state index is -0.654. The smallest absolute Gasteiger partial charge is 0.412 e. The van der Waals surface area contributed by atoms with Crippen LogP contribution in [0, 0.1) is 11.3 Å². The molecule has 0 aromatic carbocycles. The molecule has 0 unspecified atom stereocenters. The van der Waals surface area contributed by atoms with E-state index in [9.17, 15) is 4.79 Å². The van der Waals surface area contributed by atoms with Crippen LogP contribution in [0.4, 0.5) is 10.6 Å². The van der Waals surface area contributed by atoms with E-state index in [2.05, 4.69) is 15.2 Å². The Kier molecular flexibility index (Phi) is 4.29. The molecule has 0 bridgehead atoms. The third-order valence-corrected chi connectivity index (χ3v) is 1.77. The van der Waals surface area contributed by atoms with Crippen molar-refractivity contribution in [3.8, 4) is 6.07 Å². The van der Waals surface area contributed by atoms with Crippen molar-refractivity contribution in [1.82, 2.24) is 9.78 Å². The molecule has 1 heterocycles. The molecule has 0 saturated carbocycles. The number of hydrogen-bond acceptors (Lipinski definition) is 5. The molecule has 7 heteroatoms. The first-order valence-electron chi connectivity index (χ1n) is 4.73. The molecule has 1 aromatic heterocycles. The predicted octanol–water partition coefficient (Wildman–Crippen LogP) is 0.315. The van der Waals surface area contributed by atoms with Gasteiger partial charge in [0.2, 0.25) is 0 Å². The molecule has 0 fully saturated rings. The predicted molar refractivity (Wildman–Crippen MR) is 54.7 cm³/mol. The van der Waals surface area contributed by atoms with E-state index in [4.69, 9.17) is 10.4 Å². The number of amides is 1. The van der Waals surface area contributed by atoms with Gasteiger partial charge in [-0.05, 0) is 6.92 Å². The summed E-state index contributed by atoms with van der Waals surface area (Å²) in [5.41, 5.74) is 0.224. The Morgan fingerprint density at radius 3 is 3.12 bits per heavy atom. The number of nitrogens with one attached hydrogen (secondary N) is 1. The van der Waals surface area contributed by atoms with Gasteiger partial charge in [-0.3, -0.25) is 5.32 Å². The number of hydrogen-bond donors (Lipinski definition) is 2. The molecule has 0 saturated heterocycles. The molecule has 16 heavy (non-hydrogen) atoms. The average molecular weight is 224 g/mol. The number of aliphatic hydroxyl groups is 1. The lowest BCUT2D eigenvalue weighted by Gasteiger charge is -2.07. The van der Waals surface area contributed by atoms with Crippen molar-refractivity contribution in [3.63, 3.8) is 0 Å². The minimum absolute atomic E-state index is 0.135. The Morgan fingerprint density at radius 2 is 2.56 bits per heavy atom. The fraction of sp³-hybridized carbons (Fsp3) is 0.444. The maximum absolute atomic E-state index is 11.2. The van der Waals surface area contributed by atoms with Gasteiger partial charge in [0.1, 0.15) is 11.6 Å². The second-order valence-corrected chi connectivity index (χ2v) is 2.81. The van der Waals surface area contributed by atoms with Crippen LogP contribution in [0.1, 0.15) is 12.5 Å². The number of anilines is 1. The standard InChI is InChI=1S/C9H12N4O3/c1-2-16-9(15)12-8-7(5-10)6-11-13(8)3-4-14/h6,14H,2-4H2,1H3,(H,12,15). The van der Waals surface area contributed by atoms with Gasteiger partial charge in [0.15, 0.2) is 5.82 Å². The normalized spacial score (nSPS) is 9.56. The van der Waals surface area contributed by atoms with Crippen LogP contribution in [0.25, 0.3) is 0 Å². The maximum atomic E-state index is 11.2. The van der Waals surface area contributed by atoms with Crippen LogP contribution in [0.2, 0.25) is 0 Å². The van der Waals surface area contributed by atoms with E-state index >= 15 is 0 Å². The molecule has 86 valence electrons. The van der Waals surface area contributed by atoms with E-state index in [0.717, 1.165) is 0 Å². The van der Waals surface area contributed by atoms with E-state index in [1.165, 1.54) is 10.9 Å². The molecule has 7 nitrogen and oxygen atoms in total. The highest BCUT2D eigenvalue weighted by atomic mass is 16.5. The Bertz CT molecular complexity index is 407.